The Morgan fingerprint density at radius 2 is 1.30 bits per heavy atom. The minimum absolute atomic E-state index is 0.498. The van der Waals surface area contributed by atoms with Gasteiger partial charge in [0.15, 0.2) is 0 Å². The Kier molecular flexibility index (Phi) is 6.61. The highest BCUT2D eigenvalue weighted by Gasteiger charge is 2.55. The normalized spacial score (nSPS) is 47.9. The van der Waals surface area contributed by atoms with Crippen molar-refractivity contribution in [3.8, 4) is 0 Å². The van der Waals surface area contributed by atoms with Crippen LogP contribution in [0.3, 0.4) is 0 Å². The summed E-state index contributed by atoms with van der Waals surface area (Å²) in [7, 11) is -0.498. The molecule has 174 valence electrons. The monoisotopic (exact) mass is 432 g/mol. The molecule has 0 aromatic rings. The molecule has 0 radical (unpaired) electrons. The van der Waals surface area contributed by atoms with Gasteiger partial charge in [0, 0.05) is 0 Å². The van der Waals surface area contributed by atoms with E-state index in [1.54, 1.807) is 77.0 Å². The summed E-state index contributed by atoms with van der Waals surface area (Å²) in [6, 6.07) is 0. The second-order valence-electron chi connectivity index (χ2n) is 13.0. The van der Waals surface area contributed by atoms with Gasteiger partial charge in [0.2, 0.25) is 0 Å². The van der Waals surface area contributed by atoms with Crippen molar-refractivity contribution in [3.05, 3.63) is 0 Å². The largest absolute Gasteiger partial charge is 0.241 e. The van der Waals surface area contributed by atoms with Crippen molar-refractivity contribution < 1.29 is 0 Å². The van der Waals surface area contributed by atoms with Gasteiger partial charge < -0.3 is 0 Å². The van der Waals surface area contributed by atoms with Gasteiger partial charge >= 0.3 is 0 Å². The van der Waals surface area contributed by atoms with Crippen molar-refractivity contribution in [1.29, 1.82) is 0 Å². The van der Waals surface area contributed by atoms with Gasteiger partial charge in [0.25, 0.3) is 0 Å². The third-order valence-corrected chi connectivity index (χ3v) is 15.9. The van der Waals surface area contributed by atoms with Gasteiger partial charge in [-0.25, -0.2) is 10.0 Å². The first-order chi connectivity index (χ1) is 14.5. The first-order valence-electron chi connectivity index (χ1n) is 14.2. The maximum atomic E-state index is 2.86. The van der Waals surface area contributed by atoms with Crippen LogP contribution in [0.5, 0.6) is 0 Å². The van der Waals surface area contributed by atoms with Crippen LogP contribution in [-0.4, -0.2) is 23.0 Å². The maximum absolute atomic E-state index is 2.86. The lowest BCUT2D eigenvalue weighted by molar-refractivity contribution is 0.0739. The Morgan fingerprint density at radius 1 is 0.667 bits per heavy atom. The molecule has 0 saturated heterocycles. The van der Waals surface area contributed by atoms with Crippen molar-refractivity contribution in [2.75, 3.05) is 12.5 Å². The van der Waals surface area contributed by atoms with Crippen LogP contribution in [-0.2, 0) is 0 Å². The highest BCUT2D eigenvalue weighted by Crippen LogP contribution is 2.69. The molecular formula is C29H52S. The zero-order chi connectivity index (χ0) is 20.9. The van der Waals surface area contributed by atoms with Crippen molar-refractivity contribution in [3.63, 3.8) is 0 Å². The van der Waals surface area contributed by atoms with E-state index in [-0.39, 0.29) is 0 Å². The molecular weight excluding hydrogens is 380 g/mol. The summed E-state index contributed by atoms with van der Waals surface area (Å²) in [5, 5.41) is 2.23. The van der Waals surface area contributed by atoms with Gasteiger partial charge in [0.1, 0.15) is 0 Å². The van der Waals surface area contributed by atoms with Crippen molar-refractivity contribution in [1.82, 2.24) is 0 Å². The molecule has 0 nitrogen and oxygen atoms in total. The topological polar surface area (TPSA) is 0 Å². The lowest BCUT2D eigenvalue weighted by Gasteiger charge is -2.52. The van der Waals surface area contributed by atoms with Crippen LogP contribution >= 0.6 is 10.0 Å². The predicted molar refractivity (Wildman–Crippen MR) is 136 cm³/mol. The van der Waals surface area contributed by atoms with E-state index in [1.807, 2.05) is 0 Å². The van der Waals surface area contributed by atoms with Gasteiger partial charge in [-0.3, -0.25) is 0 Å². The molecule has 0 aromatic heterocycles. The number of rotatable bonds is 5. The first-order valence-corrected chi connectivity index (χ1v) is 16.8. The zero-order valence-electron chi connectivity index (χ0n) is 20.8. The zero-order valence-corrected chi connectivity index (χ0v) is 21.6. The van der Waals surface area contributed by atoms with Gasteiger partial charge in [-0.2, -0.15) is 0 Å². The molecule has 5 saturated carbocycles. The number of hydrogen-bond donors (Lipinski definition) is 0. The standard InChI is InChI=1S/C29H52S/c1-5-10-20(2)27-19-29(25-14-9-8-13-23(25)27)30(3,4)28-18-17-24-22-12-7-6-11-21(22)15-16-26(24)28/h20-29H,5-19H2,1-4H3. The van der Waals surface area contributed by atoms with E-state index in [2.05, 4.69) is 26.4 Å². The smallest absolute Gasteiger partial charge is 0.00802 e. The van der Waals surface area contributed by atoms with Gasteiger partial charge in [-0.1, -0.05) is 58.8 Å². The Balaban J connectivity index is 1.35. The summed E-state index contributed by atoms with van der Waals surface area (Å²) in [6.07, 6.45) is 29.2. The van der Waals surface area contributed by atoms with Gasteiger partial charge in [-0.15, -0.1) is 0 Å². The van der Waals surface area contributed by atoms with Crippen LogP contribution in [0.4, 0.5) is 0 Å². The summed E-state index contributed by atoms with van der Waals surface area (Å²) < 4.78 is 0. The molecule has 0 heterocycles. The van der Waals surface area contributed by atoms with E-state index in [0.29, 0.717) is 0 Å². The highest BCUT2D eigenvalue weighted by atomic mass is 32.3. The van der Waals surface area contributed by atoms with E-state index >= 15 is 0 Å². The fourth-order valence-electron chi connectivity index (χ4n) is 10.4. The van der Waals surface area contributed by atoms with Crippen LogP contribution in [0.2, 0.25) is 0 Å². The molecule has 5 aliphatic carbocycles. The Bertz CT molecular complexity index is 581. The summed E-state index contributed by atoms with van der Waals surface area (Å²) >= 11 is 0. The molecule has 10 atom stereocenters. The summed E-state index contributed by atoms with van der Waals surface area (Å²) in [5.74, 6) is 8.80. The van der Waals surface area contributed by atoms with Crippen LogP contribution in [0.25, 0.3) is 0 Å². The van der Waals surface area contributed by atoms with E-state index < -0.39 is 10.0 Å². The van der Waals surface area contributed by atoms with Gasteiger partial charge in [0.05, 0.1) is 0 Å². The predicted octanol–water partition coefficient (Wildman–Crippen LogP) is 8.68. The average molecular weight is 433 g/mol. The molecule has 30 heavy (non-hydrogen) atoms. The second-order valence-corrected chi connectivity index (χ2v) is 17.2. The van der Waals surface area contributed by atoms with E-state index in [1.165, 1.54) is 19.3 Å². The molecule has 0 amide bonds. The van der Waals surface area contributed by atoms with E-state index in [9.17, 15) is 0 Å². The molecule has 0 aliphatic heterocycles. The second kappa shape index (κ2) is 8.95. The van der Waals surface area contributed by atoms with Crippen LogP contribution in [0, 0.1) is 47.3 Å². The summed E-state index contributed by atoms with van der Waals surface area (Å²) in [6.45, 7) is 5.04. The lowest BCUT2D eigenvalue weighted by Crippen LogP contribution is -2.40. The Labute approximate surface area is 190 Å². The molecule has 1 heteroatoms. The molecule has 0 bridgehead atoms. The van der Waals surface area contributed by atoms with Gasteiger partial charge in [-0.05, 0) is 122 Å². The van der Waals surface area contributed by atoms with Crippen LogP contribution in [0.1, 0.15) is 110 Å². The maximum Gasteiger partial charge on any atom is -0.00802 e. The van der Waals surface area contributed by atoms with Crippen LogP contribution < -0.4 is 0 Å². The van der Waals surface area contributed by atoms with Crippen molar-refractivity contribution in [2.24, 2.45) is 47.3 Å². The third-order valence-electron chi connectivity index (χ3n) is 11.6. The molecule has 10 unspecified atom stereocenters. The molecule has 5 fully saturated rings. The molecule has 5 aliphatic rings. The number of hydrogen-bond acceptors (Lipinski definition) is 0. The molecule has 5 rings (SSSR count). The molecule has 0 aromatic carbocycles. The lowest BCUT2D eigenvalue weighted by atomic mass is 9.62. The average Bonchev–Trinajstić information content (AvgIpc) is 3.37. The molecule has 0 N–H and O–H groups in total. The fourth-order valence-corrected chi connectivity index (χ4v) is 14.7. The quantitative estimate of drug-likeness (QED) is 0.407. The Hall–Kier alpha value is 0.350. The molecule has 0 spiro atoms. The third kappa shape index (κ3) is 3.74. The highest BCUT2D eigenvalue weighted by molar-refractivity contribution is 8.33. The Morgan fingerprint density at radius 3 is 2.07 bits per heavy atom. The minimum atomic E-state index is -0.498. The van der Waals surface area contributed by atoms with E-state index in [4.69, 9.17) is 0 Å². The number of fused-ring (bicyclic) bond motifs is 4. The van der Waals surface area contributed by atoms with E-state index in [0.717, 1.165) is 57.8 Å². The SMILES string of the molecule is CCCC(C)C1CC(S(C)(C)C2CCC3C4CCCCC4CCC32)C2CCCCC12. The summed E-state index contributed by atoms with van der Waals surface area (Å²) in [5.41, 5.74) is 0. The minimum Gasteiger partial charge on any atom is -0.241 e. The fraction of sp³-hybridized carbons (Fsp3) is 1.00. The van der Waals surface area contributed by atoms with Crippen molar-refractivity contribution in [2.45, 2.75) is 121 Å². The van der Waals surface area contributed by atoms with Crippen LogP contribution in [0.15, 0.2) is 0 Å². The summed E-state index contributed by atoms with van der Waals surface area (Å²) in [4.78, 5) is 0. The first kappa shape index (κ1) is 22.2. The van der Waals surface area contributed by atoms with Crippen molar-refractivity contribution >= 4 is 10.0 Å².